The number of hydrogen-bond donors (Lipinski definition) is 1. The topological polar surface area (TPSA) is 80.5 Å². The van der Waals surface area contributed by atoms with E-state index in [0.717, 1.165) is 45.0 Å². The molecule has 0 saturated carbocycles. The average Bonchev–Trinajstić information content (AvgIpc) is 3.36. The Kier molecular flexibility index (Phi) is 6.53. The summed E-state index contributed by atoms with van der Waals surface area (Å²) in [5.74, 6) is 1.62. The highest BCUT2D eigenvalue weighted by molar-refractivity contribution is 6.01. The van der Waals surface area contributed by atoms with Crippen molar-refractivity contribution in [2.24, 2.45) is 0 Å². The molecule has 4 aromatic rings. The molecule has 0 aliphatic carbocycles. The van der Waals surface area contributed by atoms with Crippen molar-refractivity contribution < 1.29 is 14.1 Å². The number of urea groups is 1. The minimum Gasteiger partial charge on any atom is -0.494 e. The number of nitrogens with one attached hydrogen (secondary N) is 1. The lowest BCUT2D eigenvalue weighted by molar-refractivity contribution is 0.244. The van der Waals surface area contributed by atoms with Crippen LogP contribution in [0.3, 0.4) is 0 Å². The minimum absolute atomic E-state index is 0.207. The van der Waals surface area contributed by atoms with Crippen LogP contribution in [0, 0.1) is 20.8 Å². The van der Waals surface area contributed by atoms with Gasteiger partial charge in [-0.25, -0.2) is 4.79 Å². The van der Waals surface area contributed by atoms with Crippen LogP contribution in [0.2, 0.25) is 0 Å². The number of amides is 2. The van der Waals surface area contributed by atoms with Gasteiger partial charge >= 0.3 is 6.03 Å². The molecule has 3 aromatic carbocycles. The molecule has 1 aliphatic heterocycles. The van der Waals surface area contributed by atoms with Gasteiger partial charge in [-0.15, -0.1) is 0 Å². The van der Waals surface area contributed by atoms with E-state index in [1.54, 1.807) is 4.90 Å². The first kappa shape index (κ1) is 24.3. The number of benzene rings is 3. The number of allylic oxidation sites excluding steroid dienone is 1. The van der Waals surface area contributed by atoms with Crippen molar-refractivity contribution in [2.45, 2.75) is 40.7 Å². The number of aryl methyl sites for hydroxylation is 3. The van der Waals surface area contributed by atoms with Gasteiger partial charge in [-0.2, -0.15) is 4.98 Å². The van der Waals surface area contributed by atoms with Crippen LogP contribution in [-0.4, -0.2) is 22.8 Å². The number of carbonyl (C=O) groups excluding carboxylic acids is 1. The summed E-state index contributed by atoms with van der Waals surface area (Å²) in [6.45, 7) is 10.6. The molecule has 1 aromatic heterocycles. The monoisotopic (exact) mass is 494 g/mol. The molecule has 5 rings (SSSR count). The Hall–Kier alpha value is -4.39. The first-order chi connectivity index (χ1) is 17.9. The molecule has 0 saturated heterocycles. The Balaban J connectivity index is 1.62. The van der Waals surface area contributed by atoms with Gasteiger partial charge in [-0.1, -0.05) is 35.5 Å². The number of nitrogens with zero attached hydrogens (tertiary/aromatic N) is 3. The molecule has 1 atom stereocenters. The van der Waals surface area contributed by atoms with Crippen LogP contribution in [0.15, 0.2) is 77.0 Å². The first-order valence-electron chi connectivity index (χ1n) is 12.4. The third-order valence-electron chi connectivity index (χ3n) is 6.69. The van der Waals surface area contributed by atoms with Gasteiger partial charge < -0.3 is 14.6 Å². The van der Waals surface area contributed by atoms with Crippen molar-refractivity contribution in [3.05, 3.63) is 101 Å². The molecule has 1 unspecified atom stereocenters. The zero-order chi connectivity index (χ0) is 26.1. The fraction of sp³-hybridized carbons (Fsp3) is 0.233. The number of carbonyl (C=O) groups is 1. The van der Waals surface area contributed by atoms with Crippen LogP contribution in [0.25, 0.3) is 17.0 Å². The molecule has 0 bridgehead atoms. The summed E-state index contributed by atoms with van der Waals surface area (Å²) in [6.07, 6.45) is 0. The van der Waals surface area contributed by atoms with Gasteiger partial charge in [0.2, 0.25) is 5.82 Å². The van der Waals surface area contributed by atoms with Crippen LogP contribution in [0.4, 0.5) is 10.5 Å². The van der Waals surface area contributed by atoms with E-state index in [1.165, 1.54) is 5.56 Å². The van der Waals surface area contributed by atoms with Crippen LogP contribution >= 0.6 is 0 Å². The molecule has 2 amide bonds. The van der Waals surface area contributed by atoms with Crippen LogP contribution in [-0.2, 0) is 0 Å². The maximum absolute atomic E-state index is 13.4. The molecule has 7 heteroatoms. The number of anilines is 1. The summed E-state index contributed by atoms with van der Waals surface area (Å²) in [5, 5.41) is 7.45. The molecule has 188 valence electrons. The smallest absolute Gasteiger partial charge is 0.326 e. The molecular formula is C30H30N4O3. The van der Waals surface area contributed by atoms with E-state index in [-0.39, 0.29) is 6.03 Å². The lowest BCUT2D eigenvalue weighted by atomic mass is 9.92. The standard InChI is InChI=1S/C30H30N4O3/c1-6-36-25-14-12-22(13-15-25)28-32-29(37-33-28)26-21(5)34(24-9-7-8-18(2)16-24)30(35)31-27(26)23-11-10-19(3)20(4)17-23/h7-17,27H,6H2,1-5H3,(H,31,35). The number of aromatic nitrogens is 2. The fourth-order valence-corrected chi connectivity index (χ4v) is 4.61. The summed E-state index contributed by atoms with van der Waals surface area (Å²) >= 11 is 0. The van der Waals surface area contributed by atoms with E-state index < -0.39 is 6.04 Å². The Bertz CT molecular complexity index is 1490. The second-order valence-corrected chi connectivity index (χ2v) is 9.28. The Morgan fingerprint density at radius 1 is 0.973 bits per heavy atom. The molecule has 1 aliphatic rings. The van der Waals surface area contributed by atoms with Crippen LogP contribution in [0.5, 0.6) is 5.75 Å². The quantitative estimate of drug-likeness (QED) is 0.320. The van der Waals surface area contributed by atoms with Gasteiger partial charge in [-0.3, -0.25) is 4.90 Å². The molecule has 0 fully saturated rings. The van der Waals surface area contributed by atoms with E-state index in [4.69, 9.17) is 14.2 Å². The second-order valence-electron chi connectivity index (χ2n) is 9.28. The van der Waals surface area contributed by atoms with Crippen molar-refractivity contribution >= 4 is 17.3 Å². The van der Waals surface area contributed by atoms with Gasteiger partial charge in [0.1, 0.15) is 5.75 Å². The molecule has 7 nitrogen and oxygen atoms in total. The van der Waals surface area contributed by atoms with Gasteiger partial charge in [-0.05, 0) is 93.3 Å². The minimum atomic E-state index is -0.443. The Morgan fingerprint density at radius 3 is 2.46 bits per heavy atom. The Labute approximate surface area is 216 Å². The van der Waals surface area contributed by atoms with E-state index >= 15 is 0 Å². The highest BCUT2D eigenvalue weighted by atomic mass is 16.5. The van der Waals surface area contributed by atoms with Gasteiger partial charge in [0.25, 0.3) is 5.89 Å². The van der Waals surface area contributed by atoms with Crippen molar-refractivity contribution in [2.75, 3.05) is 11.5 Å². The highest BCUT2D eigenvalue weighted by Gasteiger charge is 2.36. The first-order valence-corrected chi connectivity index (χ1v) is 12.4. The van der Waals surface area contributed by atoms with Crippen molar-refractivity contribution in [3.63, 3.8) is 0 Å². The summed E-state index contributed by atoms with van der Waals surface area (Å²) in [5.41, 5.74) is 7.43. The summed E-state index contributed by atoms with van der Waals surface area (Å²) in [7, 11) is 0. The predicted octanol–water partition coefficient (Wildman–Crippen LogP) is 6.76. The van der Waals surface area contributed by atoms with Crippen molar-refractivity contribution in [1.82, 2.24) is 15.5 Å². The maximum Gasteiger partial charge on any atom is 0.326 e. The number of hydrogen-bond acceptors (Lipinski definition) is 5. The molecule has 1 N–H and O–H groups in total. The van der Waals surface area contributed by atoms with Gasteiger partial charge in [0.05, 0.1) is 23.9 Å². The van der Waals surface area contributed by atoms with E-state index in [0.29, 0.717) is 18.3 Å². The molecule has 0 spiro atoms. The largest absolute Gasteiger partial charge is 0.494 e. The SMILES string of the molecule is CCOc1ccc(-c2noc(C3=C(C)N(c4cccc(C)c4)C(=O)NC3c3ccc(C)c(C)c3)n2)cc1. The summed E-state index contributed by atoms with van der Waals surface area (Å²) in [4.78, 5) is 19.9. The summed E-state index contributed by atoms with van der Waals surface area (Å²) in [6, 6.07) is 21.0. The van der Waals surface area contributed by atoms with Gasteiger partial charge in [0.15, 0.2) is 0 Å². The van der Waals surface area contributed by atoms with Gasteiger partial charge in [0, 0.05) is 11.3 Å². The zero-order valence-electron chi connectivity index (χ0n) is 21.7. The normalized spacial score (nSPS) is 15.6. The third-order valence-corrected chi connectivity index (χ3v) is 6.69. The average molecular weight is 495 g/mol. The molecular weight excluding hydrogens is 464 g/mol. The highest BCUT2D eigenvalue weighted by Crippen LogP contribution is 2.39. The van der Waals surface area contributed by atoms with Crippen LogP contribution in [0.1, 0.15) is 48.0 Å². The second kappa shape index (κ2) is 9.93. The molecule has 37 heavy (non-hydrogen) atoms. The lowest BCUT2D eigenvalue weighted by Crippen LogP contribution is -2.46. The van der Waals surface area contributed by atoms with Crippen molar-refractivity contribution in [3.8, 4) is 17.1 Å². The maximum atomic E-state index is 13.4. The van der Waals surface area contributed by atoms with E-state index in [1.807, 2.05) is 75.4 Å². The van der Waals surface area contributed by atoms with E-state index in [9.17, 15) is 4.79 Å². The lowest BCUT2D eigenvalue weighted by Gasteiger charge is -2.35. The Morgan fingerprint density at radius 2 is 1.76 bits per heavy atom. The van der Waals surface area contributed by atoms with E-state index in [2.05, 4.69) is 36.5 Å². The van der Waals surface area contributed by atoms with Crippen molar-refractivity contribution in [1.29, 1.82) is 0 Å². The molecule has 0 radical (unpaired) electrons. The number of ether oxygens (including phenoxy) is 1. The molecule has 2 heterocycles. The number of rotatable bonds is 6. The summed E-state index contributed by atoms with van der Waals surface area (Å²) < 4.78 is 11.4. The predicted molar refractivity (Wildman–Crippen MR) is 144 cm³/mol. The third kappa shape index (κ3) is 4.72. The van der Waals surface area contributed by atoms with Crippen LogP contribution < -0.4 is 15.0 Å². The fourth-order valence-electron chi connectivity index (χ4n) is 4.61. The zero-order valence-corrected chi connectivity index (χ0v) is 21.7.